The third kappa shape index (κ3) is 15.7. The zero-order chi connectivity index (χ0) is 68.6. The zero-order valence-electron chi connectivity index (χ0n) is 58.1. The highest BCUT2D eigenvalue weighted by Gasteiger charge is 2.20. The fourth-order valence-corrected chi connectivity index (χ4v) is 12.8. The van der Waals surface area contributed by atoms with Crippen LogP contribution in [0, 0.1) is 0 Å². The summed E-state index contributed by atoms with van der Waals surface area (Å²) in [5.74, 6) is 2.43. The van der Waals surface area contributed by atoms with Crippen molar-refractivity contribution in [2.75, 3.05) is 49.2 Å². The first kappa shape index (κ1) is 67.1. The van der Waals surface area contributed by atoms with Gasteiger partial charge in [-0.25, -0.2) is 9.97 Å². The maximum absolute atomic E-state index is 6.53. The lowest BCUT2D eigenvalue weighted by atomic mass is 10.0. The monoisotopic (exact) mass is 1320 g/mol. The fourth-order valence-electron chi connectivity index (χ4n) is 12.8. The molecule has 11 aromatic rings. The summed E-state index contributed by atoms with van der Waals surface area (Å²) in [6, 6.07) is 71.9. The number of nitrogens with one attached hydrogen (secondary N) is 2. The molecule has 13 rings (SSSR count). The molecular weight excluding hydrogens is 1230 g/mol. The molecule has 100 heavy (non-hydrogen) atoms. The first-order valence-corrected chi connectivity index (χ1v) is 35.3. The molecule has 2 N–H and O–H groups in total. The number of ether oxygens (including phenoxy) is 4. The molecule has 12 nitrogen and oxygen atoms in total. The van der Waals surface area contributed by atoms with E-state index in [0.717, 1.165) is 192 Å². The summed E-state index contributed by atoms with van der Waals surface area (Å²) < 4.78 is 25.9. The van der Waals surface area contributed by atoms with Crippen LogP contribution >= 0.6 is 0 Å². The summed E-state index contributed by atoms with van der Waals surface area (Å²) in [5.41, 5.74) is 22.9. The SMILES string of the molecule is CCCCOc1cc(N(CC)CC)ccc1/C=C/c1cc(/C=C/c2ccc(N(CC)CC)cc2OCCCC)nc(OCc2ccc(COc3ccc(-c4c5nc(c(-c6ccccc6)c6ccc([nH]6)c(-c6ccccc6)c6nc(c(-c7ccccc7)c7ccc4[nH]7)C=C6)C=C5)cc3)cc2)n1. The Bertz CT molecular complexity index is 4780. The van der Waals surface area contributed by atoms with E-state index < -0.39 is 0 Å². The Labute approximate surface area is 587 Å². The maximum Gasteiger partial charge on any atom is 0.317 e. The van der Waals surface area contributed by atoms with Gasteiger partial charge in [0.15, 0.2) is 0 Å². The fraction of sp³-hybridized carbons (Fsp3) is 0.205. The molecule has 0 saturated heterocycles. The molecule has 502 valence electrons. The molecule has 8 bridgehead atoms. The number of H-pyrrole nitrogens is 2. The van der Waals surface area contributed by atoms with Gasteiger partial charge < -0.3 is 38.7 Å². The van der Waals surface area contributed by atoms with E-state index in [1.165, 1.54) is 0 Å². The third-order valence-electron chi connectivity index (χ3n) is 18.3. The molecule has 7 aromatic carbocycles. The number of hydrogen-bond donors (Lipinski definition) is 2. The van der Waals surface area contributed by atoms with Crippen LogP contribution in [0.1, 0.15) is 124 Å². The number of rotatable bonds is 28. The minimum Gasteiger partial charge on any atom is -0.493 e. The lowest BCUT2D eigenvalue weighted by molar-refractivity contribution is 0.280. The van der Waals surface area contributed by atoms with Gasteiger partial charge >= 0.3 is 6.01 Å². The van der Waals surface area contributed by atoms with Crippen molar-refractivity contribution in [2.24, 2.45) is 0 Å². The van der Waals surface area contributed by atoms with Gasteiger partial charge in [-0.05, 0) is 189 Å². The van der Waals surface area contributed by atoms with Gasteiger partial charge in [0.2, 0.25) is 0 Å². The van der Waals surface area contributed by atoms with Crippen molar-refractivity contribution >= 4 is 82.0 Å². The molecule has 0 amide bonds. The molecule has 4 aromatic heterocycles. The standard InChI is InChI=1S/C88H86N8O4/c1-7-13-54-97-82-57-71(95(9-3)10-4)42-36-63(82)34-40-69-56-70(41-35-64-37-43-72(96(11-5)12-6)58-83(64)98-55-14-8-2)90-88(89-69)100-60-62-32-30-61(31-33-62)59-99-73-44-38-68(39-45-73)87-80-52-50-78(93-80)85(66-26-20-16-21-27-66)76-48-46-74(91-76)84(65-24-18-15-19-25-65)75-47-49-77(92-75)86(67-28-22-17-23-29-67)79-51-53-81(87)94-79/h15-53,56-58,91,94H,7-14,54-55,59-60H2,1-6H3/b40-34+,41-35+,84-74?,84-75?,85-76?,85-78?,86-77?,86-79?,87-80?,87-81?. The molecule has 2 aliphatic rings. The predicted octanol–water partition coefficient (Wildman–Crippen LogP) is 21.7. The predicted molar refractivity (Wildman–Crippen MR) is 416 cm³/mol. The van der Waals surface area contributed by atoms with Crippen LogP contribution in [0.25, 0.3) is 115 Å². The highest BCUT2D eigenvalue weighted by molar-refractivity contribution is 6.00. The third-order valence-corrected chi connectivity index (χ3v) is 18.3. The van der Waals surface area contributed by atoms with Crippen molar-refractivity contribution in [3.8, 4) is 67.8 Å². The molecule has 0 fully saturated rings. The minimum atomic E-state index is 0.258. The van der Waals surface area contributed by atoms with Gasteiger partial charge in [0, 0.05) is 105 Å². The molecule has 2 aliphatic heterocycles. The maximum atomic E-state index is 6.53. The van der Waals surface area contributed by atoms with E-state index in [9.17, 15) is 0 Å². The Morgan fingerprint density at radius 1 is 0.350 bits per heavy atom. The van der Waals surface area contributed by atoms with Crippen LogP contribution < -0.4 is 28.7 Å². The van der Waals surface area contributed by atoms with E-state index in [1.54, 1.807) is 0 Å². The largest absolute Gasteiger partial charge is 0.493 e. The molecule has 0 unspecified atom stereocenters. The molecule has 0 spiro atoms. The second-order valence-corrected chi connectivity index (χ2v) is 24.9. The van der Waals surface area contributed by atoms with Crippen LogP contribution in [-0.4, -0.2) is 69.3 Å². The Balaban J connectivity index is 0.782. The smallest absolute Gasteiger partial charge is 0.317 e. The lowest BCUT2D eigenvalue weighted by Gasteiger charge is -2.22. The average Bonchev–Trinajstić information content (AvgIpc) is 1.61. The number of benzene rings is 7. The van der Waals surface area contributed by atoms with E-state index in [2.05, 4.69) is 268 Å². The van der Waals surface area contributed by atoms with Gasteiger partial charge in [-0.15, -0.1) is 0 Å². The first-order chi connectivity index (χ1) is 49.3. The number of aromatic nitrogens is 6. The number of anilines is 2. The van der Waals surface area contributed by atoms with Crippen molar-refractivity contribution in [2.45, 2.75) is 80.4 Å². The van der Waals surface area contributed by atoms with Crippen molar-refractivity contribution in [3.63, 3.8) is 0 Å². The summed E-state index contributed by atoms with van der Waals surface area (Å²) in [7, 11) is 0. The summed E-state index contributed by atoms with van der Waals surface area (Å²) >= 11 is 0. The number of fused-ring (bicyclic) bond motifs is 8. The van der Waals surface area contributed by atoms with Gasteiger partial charge in [-0.1, -0.05) is 154 Å². The van der Waals surface area contributed by atoms with Crippen molar-refractivity contribution in [1.29, 1.82) is 0 Å². The van der Waals surface area contributed by atoms with E-state index in [0.29, 0.717) is 31.2 Å². The van der Waals surface area contributed by atoms with Crippen molar-refractivity contribution in [1.82, 2.24) is 29.9 Å². The lowest BCUT2D eigenvalue weighted by Crippen LogP contribution is -2.21. The van der Waals surface area contributed by atoms with Crippen LogP contribution in [-0.2, 0) is 13.2 Å². The average molecular weight is 1320 g/mol. The molecule has 0 aliphatic carbocycles. The number of hydrogen-bond acceptors (Lipinski definition) is 10. The molecule has 12 heteroatoms. The molecule has 6 heterocycles. The summed E-state index contributed by atoms with van der Waals surface area (Å²) in [5, 5.41) is 0. The summed E-state index contributed by atoms with van der Waals surface area (Å²) in [4.78, 5) is 33.3. The molecular formula is C88H86N8O4. The van der Waals surface area contributed by atoms with Gasteiger partial charge in [0.1, 0.15) is 30.5 Å². The Morgan fingerprint density at radius 2 is 0.720 bits per heavy atom. The van der Waals surface area contributed by atoms with Gasteiger partial charge in [0.05, 0.1) is 47.4 Å². The minimum absolute atomic E-state index is 0.258. The van der Waals surface area contributed by atoms with Crippen LogP contribution in [0.2, 0.25) is 0 Å². The number of unbranched alkanes of at least 4 members (excludes halogenated alkanes) is 2. The number of aromatic amines is 2. The normalized spacial score (nSPS) is 11.8. The first-order valence-electron chi connectivity index (χ1n) is 35.3. The molecule has 0 saturated carbocycles. The van der Waals surface area contributed by atoms with Gasteiger partial charge in [0.25, 0.3) is 0 Å². The second-order valence-electron chi connectivity index (χ2n) is 24.9. The van der Waals surface area contributed by atoms with Gasteiger partial charge in [-0.3, -0.25) is 0 Å². The Morgan fingerprint density at radius 3 is 1.09 bits per heavy atom. The van der Waals surface area contributed by atoms with E-state index in [1.807, 2.05) is 48.6 Å². The van der Waals surface area contributed by atoms with Crippen LogP contribution in [0.15, 0.2) is 206 Å². The van der Waals surface area contributed by atoms with E-state index >= 15 is 0 Å². The van der Waals surface area contributed by atoms with E-state index in [4.69, 9.17) is 38.9 Å². The molecule has 0 atom stereocenters. The van der Waals surface area contributed by atoms with Crippen LogP contribution in [0.4, 0.5) is 11.4 Å². The van der Waals surface area contributed by atoms with E-state index in [-0.39, 0.29) is 12.6 Å². The second kappa shape index (κ2) is 32.2. The zero-order valence-corrected chi connectivity index (χ0v) is 58.1. The van der Waals surface area contributed by atoms with Crippen molar-refractivity contribution < 1.29 is 18.9 Å². The quantitative estimate of drug-likeness (QED) is 0.0458. The van der Waals surface area contributed by atoms with Crippen LogP contribution in [0.5, 0.6) is 23.3 Å². The Hall–Kier alpha value is -11.5. The summed E-state index contributed by atoms with van der Waals surface area (Å²) in [6.07, 6.45) is 20.7. The van der Waals surface area contributed by atoms with Crippen molar-refractivity contribution in [3.05, 3.63) is 263 Å². The Kier molecular flexibility index (Phi) is 21.6. The highest BCUT2D eigenvalue weighted by Crippen LogP contribution is 2.40. The van der Waals surface area contributed by atoms with Crippen LogP contribution in [0.3, 0.4) is 0 Å². The van der Waals surface area contributed by atoms with Gasteiger partial charge in [-0.2, -0.15) is 9.97 Å². The topological polar surface area (TPSA) is 127 Å². The molecule has 0 radical (unpaired) electrons. The number of nitrogens with zero attached hydrogens (tertiary/aromatic N) is 6. The summed E-state index contributed by atoms with van der Waals surface area (Å²) in [6.45, 7) is 18.6. The highest BCUT2D eigenvalue weighted by atomic mass is 16.5.